The number of sulfonamides is 1. The molecule has 1 atom stereocenters. The lowest BCUT2D eigenvalue weighted by Gasteiger charge is -2.22. The molecule has 0 saturated heterocycles. The van der Waals surface area contributed by atoms with E-state index in [4.69, 9.17) is 5.11 Å². The standard InChI is InChI=1S/C11H25NO3S/c1-9(2)10(8-13)12-16(14,15)7-6-11(3,4)5/h9-10,12-13H,6-8H2,1-5H3/t10-/m1/s1. The molecule has 5 heteroatoms. The number of hydrogen-bond donors (Lipinski definition) is 2. The van der Waals surface area contributed by atoms with Crippen molar-refractivity contribution >= 4 is 10.0 Å². The number of aliphatic hydroxyl groups is 1. The zero-order valence-electron chi connectivity index (χ0n) is 10.9. The lowest BCUT2D eigenvalue weighted by Crippen LogP contribution is -2.42. The SMILES string of the molecule is CC(C)[C@@H](CO)NS(=O)(=O)CCC(C)(C)C. The zero-order valence-corrected chi connectivity index (χ0v) is 11.8. The molecular weight excluding hydrogens is 226 g/mol. The highest BCUT2D eigenvalue weighted by atomic mass is 32.2. The molecule has 0 aromatic rings. The Labute approximate surface area is 99.5 Å². The summed E-state index contributed by atoms with van der Waals surface area (Å²) < 4.78 is 26.0. The molecule has 4 nitrogen and oxygen atoms in total. The fourth-order valence-electron chi connectivity index (χ4n) is 1.11. The molecule has 98 valence electrons. The van der Waals surface area contributed by atoms with E-state index in [-0.39, 0.29) is 29.7 Å². The van der Waals surface area contributed by atoms with Crippen molar-refractivity contribution in [2.45, 2.75) is 47.1 Å². The largest absolute Gasteiger partial charge is 0.395 e. The van der Waals surface area contributed by atoms with Gasteiger partial charge in [-0.1, -0.05) is 34.6 Å². The summed E-state index contributed by atoms with van der Waals surface area (Å²) in [6.45, 7) is 9.63. The molecule has 0 saturated carbocycles. The molecule has 0 unspecified atom stereocenters. The van der Waals surface area contributed by atoms with Crippen LogP contribution in [0.2, 0.25) is 0 Å². The van der Waals surface area contributed by atoms with E-state index in [9.17, 15) is 8.42 Å². The Hall–Kier alpha value is -0.130. The Kier molecular flexibility index (Phi) is 5.93. The van der Waals surface area contributed by atoms with Crippen molar-refractivity contribution in [1.29, 1.82) is 0 Å². The lowest BCUT2D eigenvalue weighted by atomic mass is 9.94. The Morgan fingerprint density at radius 2 is 1.75 bits per heavy atom. The van der Waals surface area contributed by atoms with Gasteiger partial charge in [0.05, 0.1) is 12.4 Å². The van der Waals surface area contributed by atoms with Crippen LogP contribution in [0, 0.1) is 11.3 Å². The summed E-state index contributed by atoms with van der Waals surface area (Å²) in [6.07, 6.45) is 0.610. The summed E-state index contributed by atoms with van der Waals surface area (Å²) >= 11 is 0. The number of hydrogen-bond acceptors (Lipinski definition) is 3. The summed E-state index contributed by atoms with van der Waals surface area (Å²) in [5.74, 6) is 0.203. The molecule has 0 aromatic heterocycles. The van der Waals surface area contributed by atoms with Crippen LogP contribution in [-0.4, -0.2) is 31.9 Å². The predicted octanol–water partition coefficient (Wildman–Crippen LogP) is 1.36. The molecule has 0 fully saturated rings. The van der Waals surface area contributed by atoms with Crippen LogP contribution in [0.4, 0.5) is 0 Å². The second-order valence-electron chi connectivity index (χ2n) is 5.78. The molecule has 0 spiro atoms. The molecule has 0 bridgehead atoms. The number of nitrogens with one attached hydrogen (secondary N) is 1. The van der Waals surface area contributed by atoms with Crippen LogP contribution in [0.1, 0.15) is 41.0 Å². The Balaban J connectivity index is 4.35. The highest BCUT2D eigenvalue weighted by Crippen LogP contribution is 2.19. The summed E-state index contributed by atoms with van der Waals surface area (Å²) in [6, 6.07) is -0.384. The van der Waals surface area contributed by atoms with E-state index in [0.29, 0.717) is 6.42 Å². The van der Waals surface area contributed by atoms with E-state index in [0.717, 1.165) is 0 Å². The van der Waals surface area contributed by atoms with Gasteiger partial charge in [-0.2, -0.15) is 0 Å². The molecular formula is C11H25NO3S. The maximum absolute atomic E-state index is 11.7. The molecule has 0 radical (unpaired) electrons. The summed E-state index contributed by atoms with van der Waals surface area (Å²) in [5, 5.41) is 9.06. The van der Waals surface area contributed by atoms with E-state index in [1.807, 2.05) is 34.6 Å². The van der Waals surface area contributed by atoms with Crippen LogP contribution in [0.15, 0.2) is 0 Å². The lowest BCUT2D eigenvalue weighted by molar-refractivity contribution is 0.227. The van der Waals surface area contributed by atoms with E-state index >= 15 is 0 Å². The average Bonchev–Trinajstić information content (AvgIpc) is 2.10. The first-order valence-corrected chi connectivity index (χ1v) is 7.33. The highest BCUT2D eigenvalue weighted by molar-refractivity contribution is 7.89. The predicted molar refractivity (Wildman–Crippen MR) is 66.7 cm³/mol. The van der Waals surface area contributed by atoms with Crippen LogP contribution >= 0.6 is 0 Å². The quantitative estimate of drug-likeness (QED) is 0.749. The first-order valence-electron chi connectivity index (χ1n) is 5.68. The van der Waals surface area contributed by atoms with Gasteiger partial charge in [-0.25, -0.2) is 13.1 Å². The van der Waals surface area contributed by atoms with Crippen LogP contribution in [0.5, 0.6) is 0 Å². The smallest absolute Gasteiger partial charge is 0.211 e. The van der Waals surface area contributed by atoms with E-state index in [2.05, 4.69) is 4.72 Å². The Bertz CT molecular complexity index is 291. The van der Waals surface area contributed by atoms with Crippen LogP contribution in [-0.2, 0) is 10.0 Å². The average molecular weight is 251 g/mol. The van der Waals surface area contributed by atoms with Crippen LogP contribution in [0.25, 0.3) is 0 Å². The topological polar surface area (TPSA) is 66.4 Å². The second kappa shape index (κ2) is 5.98. The molecule has 0 aliphatic carbocycles. The van der Waals surface area contributed by atoms with Gasteiger partial charge < -0.3 is 5.11 Å². The van der Waals surface area contributed by atoms with Crippen molar-refractivity contribution in [3.63, 3.8) is 0 Å². The molecule has 0 aromatic carbocycles. The Morgan fingerprint density at radius 1 is 1.25 bits per heavy atom. The van der Waals surface area contributed by atoms with Crippen molar-refractivity contribution in [2.75, 3.05) is 12.4 Å². The Morgan fingerprint density at radius 3 is 2.06 bits per heavy atom. The van der Waals surface area contributed by atoms with E-state index < -0.39 is 10.0 Å². The molecule has 16 heavy (non-hydrogen) atoms. The third-order valence-electron chi connectivity index (χ3n) is 2.45. The van der Waals surface area contributed by atoms with Gasteiger partial charge in [0.15, 0.2) is 0 Å². The summed E-state index contributed by atoms with van der Waals surface area (Å²) in [7, 11) is -3.28. The minimum absolute atomic E-state index is 0.00128. The number of rotatable bonds is 6. The fraction of sp³-hybridized carbons (Fsp3) is 1.00. The van der Waals surface area contributed by atoms with Gasteiger partial charge in [0.25, 0.3) is 0 Å². The van der Waals surface area contributed by atoms with E-state index in [1.54, 1.807) is 0 Å². The van der Waals surface area contributed by atoms with Crippen LogP contribution in [0.3, 0.4) is 0 Å². The van der Waals surface area contributed by atoms with Gasteiger partial charge in [0.2, 0.25) is 10.0 Å². The zero-order chi connectivity index (χ0) is 13.0. The van der Waals surface area contributed by atoms with Crippen molar-refractivity contribution < 1.29 is 13.5 Å². The molecule has 2 N–H and O–H groups in total. The number of aliphatic hydroxyl groups excluding tert-OH is 1. The minimum atomic E-state index is -3.28. The summed E-state index contributed by atoms with van der Waals surface area (Å²) in [4.78, 5) is 0. The first-order chi connectivity index (χ1) is 7.07. The molecule has 0 amide bonds. The molecule has 0 aliphatic heterocycles. The van der Waals surface area contributed by atoms with Gasteiger partial charge in [-0.15, -0.1) is 0 Å². The third kappa shape index (κ3) is 7.19. The van der Waals surface area contributed by atoms with Gasteiger partial charge in [0, 0.05) is 6.04 Å². The van der Waals surface area contributed by atoms with Crippen molar-refractivity contribution in [3.8, 4) is 0 Å². The molecule has 0 heterocycles. The van der Waals surface area contributed by atoms with Gasteiger partial charge in [-0.3, -0.25) is 0 Å². The molecule has 0 rings (SSSR count). The molecule has 0 aliphatic rings. The van der Waals surface area contributed by atoms with Crippen molar-refractivity contribution in [1.82, 2.24) is 4.72 Å². The van der Waals surface area contributed by atoms with Crippen molar-refractivity contribution in [3.05, 3.63) is 0 Å². The fourth-order valence-corrected chi connectivity index (χ4v) is 2.92. The van der Waals surface area contributed by atoms with Gasteiger partial charge in [-0.05, 0) is 17.8 Å². The summed E-state index contributed by atoms with van der Waals surface area (Å²) in [5.41, 5.74) is 0.00128. The second-order valence-corrected chi connectivity index (χ2v) is 7.65. The van der Waals surface area contributed by atoms with Gasteiger partial charge >= 0.3 is 0 Å². The van der Waals surface area contributed by atoms with E-state index in [1.165, 1.54) is 0 Å². The third-order valence-corrected chi connectivity index (χ3v) is 3.86. The first kappa shape index (κ1) is 15.9. The normalized spacial score (nSPS) is 15.4. The van der Waals surface area contributed by atoms with Crippen LogP contribution < -0.4 is 4.72 Å². The maximum atomic E-state index is 11.7. The monoisotopic (exact) mass is 251 g/mol. The van der Waals surface area contributed by atoms with Gasteiger partial charge in [0.1, 0.15) is 0 Å². The maximum Gasteiger partial charge on any atom is 0.211 e. The van der Waals surface area contributed by atoms with Crippen molar-refractivity contribution in [2.24, 2.45) is 11.3 Å². The highest BCUT2D eigenvalue weighted by Gasteiger charge is 2.22. The minimum Gasteiger partial charge on any atom is -0.395 e.